The maximum Gasteiger partial charge on any atom is 0.0716 e. The molecule has 0 aliphatic rings. The van der Waals surface area contributed by atoms with Gasteiger partial charge < -0.3 is 5.73 Å². The third-order valence-corrected chi connectivity index (χ3v) is 2.82. The second kappa shape index (κ2) is 2.92. The lowest BCUT2D eigenvalue weighted by atomic mass is 10.2. The smallest absolute Gasteiger partial charge is 0.0716 e. The van der Waals surface area contributed by atoms with Crippen LogP contribution in [-0.2, 0) is 0 Å². The van der Waals surface area contributed by atoms with Crippen molar-refractivity contribution in [2.75, 3.05) is 5.73 Å². The molecule has 0 heterocycles. The Bertz CT molecular complexity index is 210. The Morgan fingerprint density at radius 3 is 2.60 bits per heavy atom. The molecule has 0 spiro atoms. The summed E-state index contributed by atoms with van der Waals surface area (Å²) in [6.07, 6.45) is 0. The van der Waals surface area contributed by atoms with Crippen molar-refractivity contribution >= 4 is 43.7 Å². The quantitative estimate of drug-likeness (QED) is 0.420. The number of nitrogens with two attached hydrogens (primary N) is 1. The molecule has 3 radical (unpaired) electrons. The fraction of sp³-hybridized carbons (Fsp3) is 0.143. The highest BCUT2D eigenvalue weighted by Gasteiger charge is 1.97. The van der Waals surface area contributed by atoms with Crippen molar-refractivity contribution in [3.05, 3.63) is 21.3 Å². The minimum atomic E-state index is 0.847. The Balaban J connectivity index is 3.28. The molecule has 0 aliphatic heterocycles. The van der Waals surface area contributed by atoms with Crippen LogP contribution in [0, 0.1) is 10.5 Å². The first-order chi connectivity index (χ1) is 4.61. The van der Waals surface area contributed by atoms with E-state index in [1.807, 2.05) is 19.1 Å². The molecule has 1 aromatic rings. The van der Waals surface area contributed by atoms with Gasteiger partial charge in [-0.25, -0.2) is 0 Å². The number of hydrogen-bond donors (Lipinski definition) is 1. The molecule has 3 heteroatoms. The lowest BCUT2D eigenvalue weighted by Gasteiger charge is -2.02. The standard InChI is InChI=1S/C7H7INSi/c1-4-2-6(9)5(8)3-7(4)10/h2-3H,9H2,1H3. The first-order valence-electron chi connectivity index (χ1n) is 2.88. The number of rotatable bonds is 0. The monoisotopic (exact) mass is 260 g/mol. The van der Waals surface area contributed by atoms with E-state index in [9.17, 15) is 0 Å². The lowest BCUT2D eigenvalue weighted by Crippen LogP contribution is -2.08. The minimum Gasteiger partial charge on any atom is -0.398 e. The highest BCUT2D eigenvalue weighted by atomic mass is 127. The fourth-order valence-corrected chi connectivity index (χ4v) is 1.68. The van der Waals surface area contributed by atoms with Gasteiger partial charge in [0.05, 0.1) is 10.2 Å². The summed E-state index contributed by atoms with van der Waals surface area (Å²) in [5.41, 5.74) is 7.68. The number of aryl methyl sites for hydroxylation is 1. The van der Waals surface area contributed by atoms with E-state index in [2.05, 4.69) is 32.8 Å². The van der Waals surface area contributed by atoms with E-state index in [1.54, 1.807) is 0 Å². The summed E-state index contributed by atoms with van der Waals surface area (Å²) in [4.78, 5) is 0. The van der Waals surface area contributed by atoms with Crippen molar-refractivity contribution in [1.82, 2.24) is 0 Å². The second-order valence-corrected chi connectivity index (χ2v) is 3.89. The molecule has 0 bridgehead atoms. The van der Waals surface area contributed by atoms with E-state index in [4.69, 9.17) is 5.73 Å². The minimum absolute atomic E-state index is 0.847. The predicted molar refractivity (Wildman–Crippen MR) is 53.7 cm³/mol. The number of halogens is 1. The average Bonchev–Trinajstić information content (AvgIpc) is 1.84. The Hall–Kier alpha value is -0.0331. The third kappa shape index (κ3) is 1.52. The molecule has 2 N–H and O–H groups in total. The van der Waals surface area contributed by atoms with Gasteiger partial charge in [0, 0.05) is 9.26 Å². The molecule has 10 heavy (non-hydrogen) atoms. The van der Waals surface area contributed by atoms with E-state index in [0.29, 0.717) is 0 Å². The van der Waals surface area contributed by atoms with Crippen LogP contribution in [0.5, 0.6) is 0 Å². The summed E-state index contributed by atoms with van der Waals surface area (Å²) in [6, 6.07) is 3.98. The third-order valence-electron chi connectivity index (χ3n) is 1.34. The zero-order valence-corrected chi connectivity index (χ0v) is 8.77. The van der Waals surface area contributed by atoms with Crippen molar-refractivity contribution in [3.8, 4) is 0 Å². The highest BCUT2D eigenvalue weighted by molar-refractivity contribution is 14.1. The lowest BCUT2D eigenvalue weighted by molar-refractivity contribution is 1.50. The van der Waals surface area contributed by atoms with Crippen LogP contribution in [0.3, 0.4) is 0 Å². The Labute approximate surface area is 77.6 Å². The summed E-state index contributed by atoms with van der Waals surface area (Å²) in [5, 5.41) is 1.11. The van der Waals surface area contributed by atoms with Crippen LogP contribution in [0.1, 0.15) is 5.56 Å². The van der Waals surface area contributed by atoms with E-state index < -0.39 is 0 Å². The van der Waals surface area contributed by atoms with Gasteiger partial charge in [-0.05, 0) is 41.6 Å². The van der Waals surface area contributed by atoms with Gasteiger partial charge in [-0.1, -0.05) is 10.8 Å². The SMILES string of the molecule is Cc1cc(N)c(I)cc1[Si]. The molecule has 1 rings (SSSR count). The second-order valence-electron chi connectivity index (χ2n) is 2.19. The molecule has 1 nitrogen and oxygen atoms in total. The van der Waals surface area contributed by atoms with E-state index in [0.717, 1.165) is 14.4 Å². The van der Waals surface area contributed by atoms with Crippen LogP contribution in [0.15, 0.2) is 12.1 Å². The maximum atomic E-state index is 5.66. The number of benzene rings is 1. The number of anilines is 1. The summed E-state index contributed by atoms with van der Waals surface area (Å²) < 4.78 is 1.09. The van der Waals surface area contributed by atoms with Gasteiger partial charge in [-0.3, -0.25) is 0 Å². The average molecular weight is 260 g/mol. The number of nitrogen functional groups attached to an aromatic ring is 1. The Kier molecular flexibility index (Phi) is 2.35. The van der Waals surface area contributed by atoms with E-state index >= 15 is 0 Å². The molecule has 0 aromatic heterocycles. The van der Waals surface area contributed by atoms with Crippen LogP contribution in [0.25, 0.3) is 0 Å². The first-order valence-corrected chi connectivity index (χ1v) is 4.46. The van der Waals surface area contributed by atoms with Crippen LogP contribution in [0.4, 0.5) is 5.69 Å². The van der Waals surface area contributed by atoms with Gasteiger partial charge in [0.25, 0.3) is 0 Å². The fourth-order valence-electron chi connectivity index (χ4n) is 0.704. The van der Waals surface area contributed by atoms with Crippen molar-refractivity contribution in [2.24, 2.45) is 0 Å². The normalized spacial score (nSPS) is 9.90. The van der Waals surface area contributed by atoms with Crippen molar-refractivity contribution in [1.29, 1.82) is 0 Å². The molecule has 0 unspecified atom stereocenters. The number of hydrogen-bond acceptors (Lipinski definition) is 1. The van der Waals surface area contributed by atoms with Gasteiger partial charge in [-0.2, -0.15) is 0 Å². The molecule has 0 atom stereocenters. The molecule has 51 valence electrons. The predicted octanol–water partition coefficient (Wildman–Crippen LogP) is 0.976. The van der Waals surface area contributed by atoms with Crippen molar-refractivity contribution < 1.29 is 0 Å². The van der Waals surface area contributed by atoms with Crippen molar-refractivity contribution in [3.63, 3.8) is 0 Å². The maximum absolute atomic E-state index is 5.66. The van der Waals surface area contributed by atoms with E-state index in [-0.39, 0.29) is 0 Å². The summed E-state index contributed by atoms with van der Waals surface area (Å²) in [7, 11) is 3.47. The summed E-state index contributed by atoms with van der Waals surface area (Å²) in [5.74, 6) is 0. The highest BCUT2D eigenvalue weighted by Crippen LogP contribution is 2.13. The van der Waals surface area contributed by atoms with Crippen LogP contribution in [-0.4, -0.2) is 10.2 Å². The molecule has 0 saturated carbocycles. The molecule has 0 saturated heterocycles. The van der Waals surface area contributed by atoms with Crippen LogP contribution < -0.4 is 10.9 Å². The zero-order chi connectivity index (χ0) is 7.72. The van der Waals surface area contributed by atoms with Gasteiger partial charge in [-0.15, -0.1) is 0 Å². The summed E-state index contributed by atoms with van der Waals surface area (Å²) in [6.45, 7) is 2.02. The molecule has 0 fully saturated rings. The largest absolute Gasteiger partial charge is 0.398 e. The van der Waals surface area contributed by atoms with Gasteiger partial charge in [0.15, 0.2) is 0 Å². The van der Waals surface area contributed by atoms with Crippen molar-refractivity contribution in [2.45, 2.75) is 6.92 Å². The zero-order valence-electron chi connectivity index (χ0n) is 5.61. The molecular weight excluding hydrogens is 253 g/mol. The van der Waals surface area contributed by atoms with Gasteiger partial charge >= 0.3 is 0 Å². The molecule has 0 aliphatic carbocycles. The molecule has 0 amide bonds. The van der Waals surface area contributed by atoms with E-state index in [1.165, 1.54) is 5.56 Å². The Morgan fingerprint density at radius 1 is 1.50 bits per heavy atom. The van der Waals surface area contributed by atoms with Crippen LogP contribution in [0.2, 0.25) is 0 Å². The van der Waals surface area contributed by atoms with Gasteiger partial charge in [0.2, 0.25) is 0 Å². The Morgan fingerprint density at radius 2 is 2.10 bits per heavy atom. The first kappa shape index (κ1) is 8.07. The summed E-state index contributed by atoms with van der Waals surface area (Å²) >= 11 is 2.21. The molecular formula is C7H7INSi. The topological polar surface area (TPSA) is 26.0 Å². The molecule has 1 aromatic carbocycles. The van der Waals surface area contributed by atoms with Crippen LogP contribution >= 0.6 is 22.6 Å². The van der Waals surface area contributed by atoms with Gasteiger partial charge in [0.1, 0.15) is 0 Å².